The number of hydrogen-bond donors (Lipinski definition) is 0. The number of benzene rings is 1. The minimum absolute atomic E-state index is 0.170. The highest BCUT2D eigenvalue weighted by molar-refractivity contribution is 6.32. The van der Waals surface area contributed by atoms with E-state index in [0.717, 1.165) is 0 Å². The third kappa shape index (κ3) is 3.03. The van der Waals surface area contributed by atoms with Gasteiger partial charge in [0.2, 0.25) is 0 Å². The maximum atomic E-state index is 11.2. The van der Waals surface area contributed by atoms with Crippen molar-refractivity contribution in [2.45, 2.75) is 13.8 Å². The molecule has 0 aliphatic carbocycles. The van der Waals surface area contributed by atoms with E-state index in [-0.39, 0.29) is 17.1 Å². The highest BCUT2D eigenvalue weighted by Crippen LogP contribution is 2.18. The van der Waals surface area contributed by atoms with Crippen molar-refractivity contribution in [3.63, 3.8) is 0 Å². The Kier molecular flexibility index (Phi) is 3.81. The van der Waals surface area contributed by atoms with Gasteiger partial charge in [-0.2, -0.15) is 0 Å². The van der Waals surface area contributed by atoms with Crippen molar-refractivity contribution in [2.75, 3.05) is 0 Å². The molecule has 0 amide bonds. The van der Waals surface area contributed by atoms with E-state index in [1.165, 1.54) is 19.9 Å². The van der Waals surface area contributed by atoms with Crippen LogP contribution in [0.25, 0.3) is 6.08 Å². The summed E-state index contributed by atoms with van der Waals surface area (Å²) in [6, 6.07) is 7.07. The van der Waals surface area contributed by atoms with Crippen LogP contribution in [0.4, 0.5) is 0 Å². The Morgan fingerprint density at radius 2 is 1.67 bits per heavy atom. The smallest absolute Gasteiger partial charge is 0.163 e. The summed E-state index contributed by atoms with van der Waals surface area (Å²) in [5, 5.41) is 0.525. The van der Waals surface area contributed by atoms with Crippen LogP contribution in [0.3, 0.4) is 0 Å². The molecule has 0 saturated carbocycles. The van der Waals surface area contributed by atoms with Crippen LogP contribution in [0.15, 0.2) is 29.8 Å². The van der Waals surface area contributed by atoms with E-state index in [1.807, 2.05) is 0 Å². The van der Waals surface area contributed by atoms with E-state index in [1.54, 1.807) is 24.3 Å². The first kappa shape index (κ1) is 11.7. The van der Waals surface area contributed by atoms with Gasteiger partial charge in [-0.25, -0.2) is 0 Å². The number of halogens is 1. The Hall–Kier alpha value is -1.41. The van der Waals surface area contributed by atoms with E-state index >= 15 is 0 Å². The zero-order valence-electron chi connectivity index (χ0n) is 8.58. The fourth-order valence-electron chi connectivity index (χ4n) is 1.20. The topological polar surface area (TPSA) is 34.1 Å². The van der Waals surface area contributed by atoms with Gasteiger partial charge in [0, 0.05) is 5.02 Å². The summed E-state index contributed by atoms with van der Waals surface area (Å²) in [7, 11) is 0. The van der Waals surface area contributed by atoms with E-state index in [4.69, 9.17) is 11.6 Å². The standard InChI is InChI=1S/C12H11ClO2/c1-8(14)11(9(2)15)7-10-5-3-4-6-12(10)13/h3-7H,1-2H3. The van der Waals surface area contributed by atoms with Gasteiger partial charge in [0.05, 0.1) is 5.57 Å². The van der Waals surface area contributed by atoms with Crippen LogP contribution >= 0.6 is 11.6 Å². The van der Waals surface area contributed by atoms with Crippen LogP contribution in [-0.4, -0.2) is 11.6 Å². The molecule has 0 fully saturated rings. The molecule has 1 aromatic rings. The SMILES string of the molecule is CC(=O)C(=Cc1ccccc1Cl)C(C)=O. The Balaban J connectivity index is 3.19. The van der Waals surface area contributed by atoms with Crippen LogP contribution in [0.2, 0.25) is 5.02 Å². The fourth-order valence-corrected chi connectivity index (χ4v) is 1.39. The molecule has 0 saturated heterocycles. The quantitative estimate of drug-likeness (QED) is 0.448. The second kappa shape index (κ2) is 4.89. The molecule has 0 N–H and O–H groups in total. The van der Waals surface area contributed by atoms with Crippen molar-refractivity contribution in [1.82, 2.24) is 0 Å². The van der Waals surface area contributed by atoms with Crippen molar-refractivity contribution in [3.05, 3.63) is 40.4 Å². The summed E-state index contributed by atoms with van der Waals surface area (Å²) in [6.45, 7) is 2.73. The predicted octanol–water partition coefficient (Wildman–Crippen LogP) is 2.90. The molecule has 0 aliphatic heterocycles. The Bertz CT molecular complexity index is 417. The monoisotopic (exact) mass is 222 g/mol. The van der Waals surface area contributed by atoms with Crippen molar-refractivity contribution in [1.29, 1.82) is 0 Å². The summed E-state index contributed by atoms with van der Waals surface area (Å²) in [6.07, 6.45) is 1.52. The highest BCUT2D eigenvalue weighted by Gasteiger charge is 2.09. The minimum Gasteiger partial charge on any atom is -0.294 e. The lowest BCUT2D eigenvalue weighted by atomic mass is 10.0. The third-order valence-electron chi connectivity index (χ3n) is 1.96. The lowest BCUT2D eigenvalue weighted by molar-refractivity contribution is -0.119. The number of allylic oxidation sites excluding steroid dienone is 1. The molecule has 0 spiro atoms. The molecular weight excluding hydrogens is 212 g/mol. The fraction of sp³-hybridized carbons (Fsp3) is 0.167. The maximum Gasteiger partial charge on any atom is 0.163 e. The molecule has 3 heteroatoms. The molecule has 0 aliphatic rings. The molecule has 1 rings (SSSR count). The van der Waals surface area contributed by atoms with Gasteiger partial charge in [-0.05, 0) is 31.6 Å². The van der Waals surface area contributed by atoms with Gasteiger partial charge >= 0.3 is 0 Å². The molecule has 0 heterocycles. The van der Waals surface area contributed by atoms with Gasteiger partial charge < -0.3 is 0 Å². The van der Waals surface area contributed by atoms with Gasteiger partial charge in [-0.1, -0.05) is 29.8 Å². The number of ketones is 2. The van der Waals surface area contributed by atoms with Gasteiger partial charge in [-0.15, -0.1) is 0 Å². The number of rotatable bonds is 3. The van der Waals surface area contributed by atoms with Gasteiger partial charge in [0.1, 0.15) is 0 Å². The third-order valence-corrected chi connectivity index (χ3v) is 2.31. The van der Waals surface area contributed by atoms with Crippen LogP contribution in [0, 0.1) is 0 Å². The van der Waals surface area contributed by atoms with Crippen molar-refractivity contribution >= 4 is 29.2 Å². The summed E-state index contributed by atoms with van der Waals surface area (Å²) < 4.78 is 0. The van der Waals surface area contributed by atoms with Crippen molar-refractivity contribution in [2.24, 2.45) is 0 Å². The van der Waals surface area contributed by atoms with E-state index < -0.39 is 0 Å². The average molecular weight is 223 g/mol. The van der Waals surface area contributed by atoms with E-state index in [2.05, 4.69) is 0 Å². The van der Waals surface area contributed by atoms with E-state index in [9.17, 15) is 9.59 Å². The molecule has 0 aromatic heterocycles. The van der Waals surface area contributed by atoms with Crippen LogP contribution < -0.4 is 0 Å². The number of carbonyl (C=O) groups is 2. The minimum atomic E-state index is -0.248. The first-order valence-corrected chi connectivity index (χ1v) is 4.88. The molecule has 0 radical (unpaired) electrons. The van der Waals surface area contributed by atoms with Crippen LogP contribution in [-0.2, 0) is 9.59 Å². The Labute approximate surface area is 93.6 Å². The molecule has 2 nitrogen and oxygen atoms in total. The predicted molar refractivity (Wildman–Crippen MR) is 60.8 cm³/mol. The molecule has 15 heavy (non-hydrogen) atoms. The van der Waals surface area contributed by atoms with Crippen LogP contribution in [0.5, 0.6) is 0 Å². The zero-order valence-corrected chi connectivity index (χ0v) is 9.34. The lowest BCUT2D eigenvalue weighted by Crippen LogP contribution is -2.05. The van der Waals surface area contributed by atoms with Gasteiger partial charge in [0.25, 0.3) is 0 Å². The molecule has 0 bridgehead atoms. The summed E-state index contributed by atoms with van der Waals surface area (Å²) in [5.74, 6) is -0.496. The van der Waals surface area contributed by atoms with Crippen LogP contribution in [0.1, 0.15) is 19.4 Å². The number of carbonyl (C=O) groups excluding carboxylic acids is 2. The molecule has 0 unspecified atom stereocenters. The summed E-state index contributed by atoms with van der Waals surface area (Å²) in [4.78, 5) is 22.3. The lowest BCUT2D eigenvalue weighted by Gasteiger charge is -2.00. The van der Waals surface area contributed by atoms with E-state index in [0.29, 0.717) is 10.6 Å². The highest BCUT2D eigenvalue weighted by atomic mass is 35.5. The normalized spacial score (nSPS) is 9.53. The first-order valence-electron chi connectivity index (χ1n) is 4.50. The average Bonchev–Trinajstić information content (AvgIpc) is 2.15. The first-order chi connectivity index (χ1) is 7.02. The van der Waals surface area contributed by atoms with Gasteiger partial charge in [-0.3, -0.25) is 9.59 Å². The zero-order chi connectivity index (χ0) is 11.4. The molecular formula is C12H11ClO2. The maximum absolute atomic E-state index is 11.2. The Morgan fingerprint density at radius 3 is 2.13 bits per heavy atom. The summed E-state index contributed by atoms with van der Waals surface area (Å²) >= 11 is 5.91. The second-order valence-electron chi connectivity index (χ2n) is 3.19. The molecule has 78 valence electrons. The Morgan fingerprint density at radius 1 is 1.13 bits per heavy atom. The van der Waals surface area contributed by atoms with Crippen molar-refractivity contribution in [3.8, 4) is 0 Å². The van der Waals surface area contributed by atoms with Gasteiger partial charge in [0.15, 0.2) is 11.6 Å². The molecule has 0 atom stereocenters. The number of hydrogen-bond acceptors (Lipinski definition) is 2. The second-order valence-corrected chi connectivity index (χ2v) is 3.60. The largest absolute Gasteiger partial charge is 0.294 e. The number of Topliss-reactive ketones (excluding diaryl/α,β-unsaturated/α-hetero) is 2. The molecule has 1 aromatic carbocycles. The van der Waals surface area contributed by atoms with Crippen molar-refractivity contribution < 1.29 is 9.59 Å². The summed E-state index contributed by atoms with van der Waals surface area (Å²) in [5.41, 5.74) is 0.850.